The molecule has 3 atom stereocenters. The summed E-state index contributed by atoms with van der Waals surface area (Å²) in [4.78, 5) is 27.4. The topological polar surface area (TPSA) is 58.6 Å². The molecule has 2 aromatic rings. The van der Waals surface area contributed by atoms with Crippen LogP contribution in [0.5, 0.6) is 5.75 Å². The minimum absolute atomic E-state index is 0.0268. The van der Waals surface area contributed by atoms with Crippen molar-refractivity contribution in [3.63, 3.8) is 0 Å². The standard InChI is InChI=1S/C24H28N2O3/c1-16-13-21(16)24(28)26-12-11-25-23(27)18(15-26)14-17-7-3-4-8-19(17)20-9-5-6-10-22(20)29-2/h3-10,16,18,21H,11-15H2,1-2H3,(H,25,27)/t16-,18+,21+/m0/s1. The van der Waals surface area contributed by atoms with Crippen LogP contribution in [-0.4, -0.2) is 43.5 Å². The van der Waals surface area contributed by atoms with Gasteiger partial charge < -0.3 is 15.0 Å². The number of nitrogens with zero attached hydrogens (tertiary/aromatic N) is 1. The lowest BCUT2D eigenvalue weighted by molar-refractivity contribution is -0.133. The first-order valence-electron chi connectivity index (χ1n) is 10.4. The second kappa shape index (κ2) is 8.27. The summed E-state index contributed by atoms with van der Waals surface area (Å²) in [5, 5.41) is 2.99. The fraction of sp³-hybridized carbons (Fsp3) is 0.417. The Morgan fingerprint density at radius 3 is 2.55 bits per heavy atom. The molecule has 1 aliphatic carbocycles. The summed E-state index contributed by atoms with van der Waals surface area (Å²) < 4.78 is 5.55. The van der Waals surface area contributed by atoms with Crippen molar-refractivity contribution in [2.45, 2.75) is 19.8 Å². The van der Waals surface area contributed by atoms with Gasteiger partial charge in [-0.25, -0.2) is 0 Å². The first-order valence-corrected chi connectivity index (χ1v) is 10.4. The van der Waals surface area contributed by atoms with Gasteiger partial charge in [0.2, 0.25) is 11.8 Å². The molecule has 152 valence electrons. The second-order valence-corrected chi connectivity index (χ2v) is 8.15. The fourth-order valence-corrected chi connectivity index (χ4v) is 4.25. The van der Waals surface area contributed by atoms with E-state index in [1.807, 2.05) is 41.3 Å². The monoisotopic (exact) mass is 392 g/mol. The number of hydrogen-bond acceptors (Lipinski definition) is 3. The molecule has 0 unspecified atom stereocenters. The zero-order valence-electron chi connectivity index (χ0n) is 17.1. The van der Waals surface area contributed by atoms with E-state index in [1.165, 1.54) is 0 Å². The molecule has 1 N–H and O–H groups in total. The third-order valence-corrected chi connectivity index (χ3v) is 6.11. The zero-order valence-corrected chi connectivity index (χ0v) is 17.1. The Kier molecular flexibility index (Phi) is 5.56. The zero-order chi connectivity index (χ0) is 20.4. The molecule has 2 fully saturated rings. The van der Waals surface area contributed by atoms with Crippen molar-refractivity contribution in [3.8, 4) is 16.9 Å². The maximum absolute atomic E-state index is 12.8. The van der Waals surface area contributed by atoms with Crippen LogP contribution in [0.3, 0.4) is 0 Å². The number of benzene rings is 2. The second-order valence-electron chi connectivity index (χ2n) is 8.15. The largest absolute Gasteiger partial charge is 0.496 e. The van der Waals surface area contributed by atoms with Gasteiger partial charge in [-0.1, -0.05) is 49.4 Å². The smallest absolute Gasteiger partial charge is 0.226 e. The molecule has 1 saturated heterocycles. The van der Waals surface area contributed by atoms with Crippen LogP contribution >= 0.6 is 0 Å². The number of carbonyl (C=O) groups excluding carboxylic acids is 2. The predicted molar refractivity (Wildman–Crippen MR) is 112 cm³/mol. The predicted octanol–water partition coefficient (Wildman–Crippen LogP) is 3.14. The van der Waals surface area contributed by atoms with Crippen molar-refractivity contribution in [2.75, 3.05) is 26.7 Å². The van der Waals surface area contributed by atoms with Gasteiger partial charge in [0.15, 0.2) is 0 Å². The van der Waals surface area contributed by atoms with Gasteiger partial charge >= 0.3 is 0 Å². The van der Waals surface area contributed by atoms with Crippen molar-refractivity contribution < 1.29 is 14.3 Å². The molecular formula is C24H28N2O3. The highest BCUT2D eigenvalue weighted by Gasteiger charge is 2.42. The number of amides is 2. The summed E-state index contributed by atoms with van der Waals surface area (Å²) in [7, 11) is 1.67. The molecule has 1 saturated carbocycles. The molecule has 5 heteroatoms. The van der Waals surface area contributed by atoms with Crippen molar-refractivity contribution in [1.29, 1.82) is 0 Å². The molecule has 2 aliphatic rings. The van der Waals surface area contributed by atoms with Gasteiger partial charge in [0.05, 0.1) is 13.0 Å². The van der Waals surface area contributed by atoms with Crippen LogP contribution in [0.25, 0.3) is 11.1 Å². The summed E-state index contributed by atoms with van der Waals surface area (Å²) in [5.41, 5.74) is 3.17. The molecule has 0 aromatic heterocycles. The lowest BCUT2D eigenvalue weighted by atomic mass is 9.91. The Morgan fingerprint density at radius 1 is 1.14 bits per heavy atom. The van der Waals surface area contributed by atoms with E-state index in [0.29, 0.717) is 32.0 Å². The lowest BCUT2D eigenvalue weighted by Gasteiger charge is -2.24. The van der Waals surface area contributed by atoms with Gasteiger partial charge in [0, 0.05) is 31.1 Å². The Balaban J connectivity index is 1.59. The van der Waals surface area contributed by atoms with Crippen LogP contribution in [0.2, 0.25) is 0 Å². The van der Waals surface area contributed by atoms with Crippen LogP contribution in [0.1, 0.15) is 18.9 Å². The Labute approximate surface area is 172 Å². The van der Waals surface area contributed by atoms with Gasteiger partial charge in [-0.2, -0.15) is 0 Å². The highest BCUT2D eigenvalue weighted by molar-refractivity contribution is 5.85. The number of para-hydroxylation sites is 1. The number of rotatable bonds is 5. The highest BCUT2D eigenvalue weighted by Crippen LogP contribution is 2.39. The highest BCUT2D eigenvalue weighted by atomic mass is 16.5. The van der Waals surface area contributed by atoms with Gasteiger partial charge in [0.25, 0.3) is 0 Å². The summed E-state index contributed by atoms with van der Waals surface area (Å²) in [6, 6.07) is 16.1. The summed E-state index contributed by atoms with van der Waals surface area (Å²) in [6.45, 7) is 3.72. The number of carbonyl (C=O) groups is 2. The van der Waals surface area contributed by atoms with E-state index >= 15 is 0 Å². The van der Waals surface area contributed by atoms with Crippen molar-refractivity contribution in [3.05, 3.63) is 54.1 Å². The van der Waals surface area contributed by atoms with E-state index in [1.54, 1.807) is 7.11 Å². The normalized spacial score (nSPS) is 23.9. The summed E-state index contributed by atoms with van der Waals surface area (Å²) in [5.74, 6) is 1.40. The maximum Gasteiger partial charge on any atom is 0.226 e. The third kappa shape index (κ3) is 4.14. The SMILES string of the molecule is COc1ccccc1-c1ccccc1C[C@@H]1CN(C(=O)[C@@H]2C[C@@H]2C)CCNC1=O. The minimum atomic E-state index is -0.258. The van der Waals surface area contributed by atoms with Crippen LogP contribution in [-0.2, 0) is 16.0 Å². The van der Waals surface area contributed by atoms with Crippen molar-refractivity contribution in [2.24, 2.45) is 17.8 Å². The molecule has 5 nitrogen and oxygen atoms in total. The fourth-order valence-electron chi connectivity index (χ4n) is 4.25. The quantitative estimate of drug-likeness (QED) is 0.851. The first kappa shape index (κ1) is 19.5. The third-order valence-electron chi connectivity index (χ3n) is 6.11. The molecular weight excluding hydrogens is 364 g/mol. The minimum Gasteiger partial charge on any atom is -0.496 e. The van der Waals surface area contributed by atoms with E-state index in [4.69, 9.17) is 4.74 Å². The number of nitrogens with one attached hydrogen (secondary N) is 1. The Morgan fingerprint density at radius 2 is 1.83 bits per heavy atom. The molecule has 1 aliphatic heterocycles. The van der Waals surface area contributed by atoms with Gasteiger partial charge in [0.1, 0.15) is 5.75 Å². The van der Waals surface area contributed by atoms with Gasteiger partial charge in [-0.15, -0.1) is 0 Å². The van der Waals surface area contributed by atoms with Crippen LogP contribution < -0.4 is 10.1 Å². The molecule has 4 rings (SSSR count). The van der Waals surface area contributed by atoms with Crippen LogP contribution in [0.4, 0.5) is 0 Å². The van der Waals surface area contributed by atoms with E-state index in [2.05, 4.69) is 24.4 Å². The van der Waals surface area contributed by atoms with Crippen LogP contribution in [0.15, 0.2) is 48.5 Å². The van der Waals surface area contributed by atoms with Gasteiger partial charge in [-0.05, 0) is 36.0 Å². The number of methoxy groups -OCH3 is 1. The number of ether oxygens (including phenoxy) is 1. The van der Waals surface area contributed by atoms with E-state index in [0.717, 1.165) is 28.9 Å². The Hall–Kier alpha value is -2.82. The molecule has 0 radical (unpaired) electrons. The van der Waals surface area contributed by atoms with Gasteiger partial charge in [-0.3, -0.25) is 9.59 Å². The lowest BCUT2D eigenvalue weighted by Crippen LogP contribution is -2.38. The Bertz CT molecular complexity index is 911. The molecule has 2 amide bonds. The molecule has 1 heterocycles. The van der Waals surface area contributed by atoms with E-state index in [-0.39, 0.29) is 23.7 Å². The van der Waals surface area contributed by atoms with E-state index < -0.39 is 0 Å². The van der Waals surface area contributed by atoms with Crippen molar-refractivity contribution >= 4 is 11.8 Å². The van der Waals surface area contributed by atoms with Crippen LogP contribution in [0, 0.1) is 17.8 Å². The van der Waals surface area contributed by atoms with E-state index in [9.17, 15) is 9.59 Å². The molecule has 0 bridgehead atoms. The van der Waals surface area contributed by atoms with Crippen molar-refractivity contribution in [1.82, 2.24) is 10.2 Å². The summed E-state index contributed by atoms with van der Waals surface area (Å²) >= 11 is 0. The average molecular weight is 392 g/mol. The number of hydrogen-bond donors (Lipinski definition) is 1. The first-order chi connectivity index (χ1) is 14.1. The molecule has 2 aromatic carbocycles. The molecule has 0 spiro atoms. The summed E-state index contributed by atoms with van der Waals surface area (Å²) in [6.07, 6.45) is 1.56. The average Bonchev–Trinajstić information content (AvgIpc) is 3.51. The molecule has 29 heavy (non-hydrogen) atoms. The maximum atomic E-state index is 12.8.